The summed E-state index contributed by atoms with van der Waals surface area (Å²) in [5.41, 5.74) is 1.71. The van der Waals surface area contributed by atoms with Gasteiger partial charge in [0.15, 0.2) is 5.03 Å². The Balaban J connectivity index is 1.58. The van der Waals surface area contributed by atoms with Gasteiger partial charge in [0.05, 0.1) is 20.8 Å². The minimum absolute atomic E-state index is 0.0449. The highest BCUT2D eigenvalue weighted by atomic mass is 32.2. The number of hydrogen-bond donors (Lipinski definition) is 0. The lowest BCUT2D eigenvalue weighted by Gasteiger charge is -2.22. The fraction of sp³-hybridized carbons (Fsp3) is 0.375. The molecular weight excluding hydrogens is 442 g/mol. The average Bonchev–Trinajstić information content (AvgIpc) is 3.52. The van der Waals surface area contributed by atoms with E-state index in [9.17, 15) is 8.42 Å². The fourth-order valence-electron chi connectivity index (χ4n) is 3.80. The summed E-state index contributed by atoms with van der Waals surface area (Å²) in [5.74, 6) is 1.80. The van der Waals surface area contributed by atoms with Crippen molar-refractivity contribution in [2.45, 2.75) is 31.1 Å². The van der Waals surface area contributed by atoms with Crippen LogP contribution in [0.2, 0.25) is 0 Å². The van der Waals surface area contributed by atoms with Crippen molar-refractivity contribution in [2.75, 3.05) is 27.4 Å². The van der Waals surface area contributed by atoms with Crippen LogP contribution >= 0.6 is 0 Å². The van der Waals surface area contributed by atoms with Crippen molar-refractivity contribution in [1.82, 2.24) is 14.1 Å². The molecule has 1 aromatic heterocycles. The summed E-state index contributed by atoms with van der Waals surface area (Å²) in [6.45, 7) is 2.49. The molecule has 1 saturated heterocycles. The molecule has 8 nitrogen and oxygen atoms in total. The van der Waals surface area contributed by atoms with Gasteiger partial charge in [0, 0.05) is 38.4 Å². The number of ether oxygens (including phenoxy) is 3. The lowest BCUT2D eigenvalue weighted by molar-refractivity contribution is 0.181. The normalized spacial score (nSPS) is 16.3. The molecular formula is C24H29N3O5S. The first-order chi connectivity index (χ1) is 16.0. The highest BCUT2D eigenvalue weighted by Crippen LogP contribution is 2.23. The van der Waals surface area contributed by atoms with E-state index in [4.69, 9.17) is 14.2 Å². The summed E-state index contributed by atoms with van der Waals surface area (Å²) in [7, 11) is -0.633. The number of nitrogens with zero attached hydrogens (tertiary/aromatic N) is 3. The minimum atomic E-state index is -3.83. The zero-order valence-corrected chi connectivity index (χ0v) is 19.7. The number of rotatable bonds is 10. The maximum Gasteiger partial charge on any atom is 0.262 e. The molecule has 176 valence electrons. The Bertz CT molecular complexity index is 1090. The second-order valence-corrected chi connectivity index (χ2v) is 9.96. The Morgan fingerprint density at radius 2 is 1.55 bits per heavy atom. The molecule has 0 saturated carbocycles. The van der Waals surface area contributed by atoms with Crippen molar-refractivity contribution in [2.24, 2.45) is 5.92 Å². The fourth-order valence-corrected chi connectivity index (χ4v) is 5.14. The van der Waals surface area contributed by atoms with Gasteiger partial charge in [-0.15, -0.1) is 0 Å². The van der Waals surface area contributed by atoms with Gasteiger partial charge in [0.25, 0.3) is 10.0 Å². The van der Waals surface area contributed by atoms with Crippen molar-refractivity contribution in [3.63, 3.8) is 0 Å². The van der Waals surface area contributed by atoms with E-state index in [-0.39, 0.29) is 18.1 Å². The molecule has 1 unspecified atom stereocenters. The van der Waals surface area contributed by atoms with Crippen molar-refractivity contribution in [3.05, 3.63) is 71.9 Å². The van der Waals surface area contributed by atoms with Gasteiger partial charge in [-0.2, -0.15) is 9.40 Å². The number of aromatic nitrogens is 2. The van der Waals surface area contributed by atoms with Crippen LogP contribution in [-0.4, -0.2) is 49.9 Å². The molecule has 1 aliphatic heterocycles. The third kappa shape index (κ3) is 5.73. The molecule has 4 rings (SSSR count). The Hall–Kier alpha value is -2.88. The summed E-state index contributed by atoms with van der Waals surface area (Å²) < 4.78 is 46.2. The first-order valence-corrected chi connectivity index (χ1v) is 12.3. The molecule has 33 heavy (non-hydrogen) atoms. The number of sulfonamides is 1. The smallest absolute Gasteiger partial charge is 0.262 e. The number of methoxy groups -OCH3 is 2. The first kappa shape index (κ1) is 23.3. The van der Waals surface area contributed by atoms with Crippen molar-refractivity contribution < 1.29 is 22.6 Å². The van der Waals surface area contributed by atoms with E-state index >= 15 is 0 Å². The number of benzene rings is 2. The van der Waals surface area contributed by atoms with Crippen molar-refractivity contribution in [1.29, 1.82) is 0 Å². The molecule has 9 heteroatoms. The largest absolute Gasteiger partial charge is 0.497 e. The average molecular weight is 472 g/mol. The van der Waals surface area contributed by atoms with Gasteiger partial charge >= 0.3 is 0 Å². The third-order valence-corrected chi connectivity index (χ3v) is 7.41. The molecule has 2 aromatic carbocycles. The molecule has 3 aromatic rings. The Kier molecular flexibility index (Phi) is 7.32. The topological polar surface area (TPSA) is 82.9 Å². The van der Waals surface area contributed by atoms with Crippen LogP contribution < -0.4 is 9.47 Å². The predicted molar refractivity (Wildman–Crippen MR) is 124 cm³/mol. The van der Waals surface area contributed by atoms with E-state index in [1.165, 1.54) is 4.31 Å². The molecule has 2 heterocycles. The van der Waals surface area contributed by atoms with E-state index < -0.39 is 10.0 Å². The van der Waals surface area contributed by atoms with E-state index in [1.54, 1.807) is 31.2 Å². The highest BCUT2D eigenvalue weighted by molar-refractivity contribution is 7.89. The Morgan fingerprint density at radius 1 is 0.970 bits per heavy atom. The summed E-state index contributed by atoms with van der Waals surface area (Å²) in [5, 5.41) is 4.44. The van der Waals surface area contributed by atoms with Crippen LogP contribution in [0.3, 0.4) is 0 Å². The van der Waals surface area contributed by atoms with Crippen LogP contribution in [-0.2, 0) is 34.4 Å². The van der Waals surface area contributed by atoms with Crippen LogP contribution in [0.15, 0.2) is 65.8 Å². The van der Waals surface area contributed by atoms with Gasteiger partial charge in [0.1, 0.15) is 11.5 Å². The maximum atomic E-state index is 13.6. The second-order valence-electron chi connectivity index (χ2n) is 8.07. The standard InChI is InChI=1S/C24H29N3O5S/c1-30-22-7-3-19(4-8-22)16-27(17-20-5-9-23(31-2)10-6-20)33(28,29)24-11-13-26(25-24)15-21-12-14-32-18-21/h3-11,13,21H,12,14-18H2,1-2H3. The van der Waals surface area contributed by atoms with Gasteiger partial charge in [-0.1, -0.05) is 24.3 Å². The molecule has 0 aliphatic carbocycles. The van der Waals surface area contributed by atoms with E-state index in [0.29, 0.717) is 19.1 Å². The lowest BCUT2D eigenvalue weighted by atomic mass is 10.1. The first-order valence-electron chi connectivity index (χ1n) is 10.8. The van der Waals surface area contributed by atoms with Gasteiger partial charge in [-0.3, -0.25) is 4.68 Å². The van der Waals surface area contributed by atoms with Crippen LogP contribution in [0.5, 0.6) is 11.5 Å². The SMILES string of the molecule is COc1ccc(CN(Cc2ccc(OC)cc2)S(=O)(=O)c2ccn(CC3CCOC3)n2)cc1. The van der Waals surface area contributed by atoms with Crippen LogP contribution in [0.1, 0.15) is 17.5 Å². The van der Waals surface area contributed by atoms with E-state index in [2.05, 4.69) is 5.10 Å². The zero-order valence-electron chi connectivity index (χ0n) is 18.9. The predicted octanol–water partition coefficient (Wildman–Crippen LogP) is 3.33. The minimum Gasteiger partial charge on any atom is -0.497 e. The molecule has 0 N–H and O–H groups in total. The summed E-state index contributed by atoms with van der Waals surface area (Å²) in [4.78, 5) is 0. The Morgan fingerprint density at radius 3 is 2.03 bits per heavy atom. The van der Waals surface area contributed by atoms with E-state index in [1.807, 2.05) is 48.5 Å². The van der Waals surface area contributed by atoms with Crippen LogP contribution in [0.25, 0.3) is 0 Å². The van der Waals surface area contributed by atoms with Gasteiger partial charge in [-0.25, -0.2) is 8.42 Å². The molecule has 1 aliphatic rings. The van der Waals surface area contributed by atoms with Gasteiger partial charge in [0.2, 0.25) is 0 Å². The third-order valence-electron chi connectivity index (χ3n) is 5.73. The molecule has 0 spiro atoms. The molecule has 0 amide bonds. The van der Waals surface area contributed by atoms with Crippen molar-refractivity contribution in [3.8, 4) is 11.5 Å². The lowest BCUT2D eigenvalue weighted by Crippen LogP contribution is -2.30. The molecule has 0 radical (unpaired) electrons. The van der Waals surface area contributed by atoms with Crippen LogP contribution in [0, 0.1) is 5.92 Å². The summed E-state index contributed by atoms with van der Waals surface area (Å²) >= 11 is 0. The quantitative estimate of drug-likeness (QED) is 0.451. The summed E-state index contributed by atoms with van der Waals surface area (Å²) in [6.07, 6.45) is 2.69. The van der Waals surface area contributed by atoms with E-state index in [0.717, 1.165) is 35.7 Å². The highest BCUT2D eigenvalue weighted by Gasteiger charge is 2.28. The Labute approximate surface area is 194 Å². The zero-order chi connectivity index (χ0) is 23.3. The van der Waals surface area contributed by atoms with Gasteiger partial charge < -0.3 is 14.2 Å². The number of hydrogen-bond acceptors (Lipinski definition) is 6. The van der Waals surface area contributed by atoms with Gasteiger partial charge in [-0.05, 0) is 47.9 Å². The monoisotopic (exact) mass is 471 g/mol. The second kappa shape index (κ2) is 10.4. The molecule has 1 fully saturated rings. The molecule has 0 bridgehead atoms. The maximum absolute atomic E-state index is 13.6. The van der Waals surface area contributed by atoms with Crippen LogP contribution in [0.4, 0.5) is 0 Å². The molecule has 1 atom stereocenters. The van der Waals surface area contributed by atoms with Crippen molar-refractivity contribution >= 4 is 10.0 Å². The summed E-state index contributed by atoms with van der Waals surface area (Å²) in [6, 6.07) is 16.3.